The summed E-state index contributed by atoms with van der Waals surface area (Å²) in [6, 6.07) is 13.0. The van der Waals surface area contributed by atoms with Crippen LogP contribution in [0.1, 0.15) is 28.4 Å². The van der Waals surface area contributed by atoms with E-state index < -0.39 is 6.10 Å². The van der Waals surface area contributed by atoms with Gasteiger partial charge in [-0.1, -0.05) is 24.3 Å². The predicted molar refractivity (Wildman–Crippen MR) is 122 cm³/mol. The van der Waals surface area contributed by atoms with Crippen LogP contribution in [0.25, 0.3) is 0 Å². The third kappa shape index (κ3) is 6.31. The standard InChI is InChI=1S/C25H32N2O5/c1-18-6-4-5-7-20(18)15-25(30)27-12-10-26(11-13-27)16-22(29)17-32-23-9-8-21(19(2)28)14-24(23)31-3/h4-9,14,22,29H,10-13,15-17H2,1-3H3. The quantitative estimate of drug-likeness (QED) is 0.603. The highest BCUT2D eigenvalue weighted by Gasteiger charge is 2.23. The van der Waals surface area contributed by atoms with Gasteiger partial charge in [0.1, 0.15) is 12.7 Å². The molecule has 0 saturated carbocycles. The van der Waals surface area contributed by atoms with Gasteiger partial charge in [-0.25, -0.2) is 0 Å². The lowest BCUT2D eigenvalue weighted by atomic mass is 10.1. The normalized spacial score (nSPS) is 15.3. The summed E-state index contributed by atoms with van der Waals surface area (Å²) < 4.78 is 11.0. The zero-order valence-electron chi connectivity index (χ0n) is 19.0. The first-order valence-electron chi connectivity index (χ1n) is 10.9. The Hall–Kier alpha value is -2.90. The number of Topliss-reactive ketones (excluding diaryl/α,β-unsaturated/α-hetero) is 1. The smallest absolute Gasteiger partial charge is 0.227 e. The van der Waals surface area contributed by atoms with Crippen molar-refractivity contribution in [1.82, 2.24) is 9.80 Å². The van der Waals surface area contributed by atoms with Gasteiger partial charge in [-0.2, -0.15) is 0 Å². The van der Waals surface area contributed by atoms with Gasteiger partial charge < -0.3 is 19.5 Å². The maximum absolute atomic E-state index is 12.6. The van der Waals surface area contributed by atoms with E-state index >= 15 is 0 Å². The summed E-state index contributed by atoms with van der Waals surface area (Å²) >= 11 is 0. The summed E-state index contributed by atoms with van der Waals surface area (Å²) in [4.78, 5) is 28.2. The van der Waals surface area contributed by atoms with Crippen molar-refractivity contribution < 1.29 is 24.2 Å². The molecule has 2 aromatic rings. The number of ketones is 1. The number of β-amino-alcohol motifs (C(OH)–C–C–N with tert-alkyl or cyclic N) is 1. The monoisotopic (exact) mass is 440 g/mol. The number of aliphatic hydroxyl groups is 1. The van der Waals surface area contributed by atoms with E-state index in [0.29, 0.717) is 56.2 Å². The molecule has 0 bridgehead atoms. The Balaban J connectivity index is 1.43. The molecule has 7 heteroatoms. The molecule has 1 atom stereocenters. The number of methoxy groups -OCH3 is 1. The van der Waals surface area contributed by atoms with E-state index in [4.69, 9.17) is 9.47 Å². The number of rotatable bonds is 9. The molecular formula is C25H32N2O5. The topological polar surface area (TPSA) is 79.3 Å². The van der Waals surface area contributed by atoms with Crippen molar-refractivity contribution >= 4 is 11.7 Å². The van der Waals surface area contributed by atoms with Gasteiger partial charge in [0.25, 0.3) is 0 Å². The minimum Gasteiger partial charge on any atom is -0.493 e. The van der Waals surface area contributed by atoms with Crippen LogP contribution in [0.3, 0.4) is 0 Å². The van der Waals surface area contributed by atoms with E-state index in [0.717, 1.165) is 11.1 Å². The molecule has 172 valence electrons. The summed E-state index contributed by atoms with van der Waals surface area (Å²) in [5.74, 6) is 1.05. The highest BCUT2D eigenvalue weighted by molar-refractivity contribution is 5.94. The van der Waals surface area contributed by atoms with E-state index in [9.17, 15) is 14.7 Å². The molecule has 0 aromatic heterocycles. The molecule has 3 rings (SSSR count). The molecule has 1 fully saturated rings. The maximum Gasteiger partial charge on any atom is 0.227 e. The van der Waals surface area contributed by atoms with Crippen molar-refractivity contribution in [3.8, 4) is 11.5 Å². The van der Waals surface area contributed by atoms with E-state index in [-0.39, 0.29) is 18.3 Å². The second kappa shape index (κ2) is 11.1. The molecule has 0 radical (unpaired) electrons. The molecule has 1 N–H and O–H groups in total. The highest BCUT2D eigenvalue weighted by Crippen LogP contribution is 2.28. The Labute approximate surface area is 189 Å². The number of carbonyl (C=O) groups is 2. The largest absolute Gasteiger partial charge is 0.493 e. The average molecular weight is 441 g/mol. The molecule has 0 spiro atoms. The Bertz CT molecular complexity index is 938. The van der Waals surface area contributed by atoms with Gasteiger partial charge in [0.15, 0.2) is 17.3 Å². The minimum absolute atomic E-state index is 0.0496. The van der Waals surface area contributed by atoms with Gasteiger partial charge in [-0.05, 0) is 43.2 Å². The number of hydrogen-bond donors (Lipinski definition) is 1. The van der Waals surface area contributed by atoms with Crippen molar-refractivity contribution in [3.05, 3.63) is 59.2 Å². The van der Waals surface area contributed by atoms with Crippen LogP contribution >= 0.6 is 0 Å². The molecule has 32 heavy (non-hydrogen) atoms. The number of benzene rings is 2. The number of amides is 1. The Morgan fingerprint density at radius 1 is 1.06 bits per heavy atom. The van der Waals surface area contributed by atoms with Crippen LogP contribution in [0, 0.1) is 6.92 Å². The molecule has 1 saturated heterocycles. The van der Waals surface area contributed by atoms with Gasteiger partial charge in [-0.3, -0.25) is 14.5 Å². The van der Waals surface area contributed by atoms with Crippen LogP contribution in [-0.4, -0.2) is 79.1 Å². The molecule has 1 aliphatic heterocycles. The third-order valence-electron chi connectivity index (χ3n) is 5.80. The zero-order chi connectivity index (χ0) is 23.1. The van der Waals surface area contributed by atoms with Gasteiger partial charge in [0, 0.05) is 38.3 Å². The molecule has 0 aliphatic carbocycles. The fraction of sp³-hybridized carbons (Fsp3) is 0.440. The van der Waals surface area contributed by atoms with Crippen molar-refractivity contribution in [2.24, 2.45) is 0 Å². The average Bonchev–Trinajstić information content (AvgIpc) is 2.79. The number of ether oxygens (including phenoxy) is 2. The Morgan fingerprint density at radius 3 is 2.44 bits per heavy atom. The van der Waals surface area contributed by atoms with Crippen LogP contribution in [0.5, 0.6) is 11.5 Å². The van der Waals surface area contributed by atoms with Gasteiger partial charge in [-0.15, -0.1) is 0 Å². The van der Waals surface area contributed by atoms with Crippen LogP contribution in [0.15, 0.2) is 42.5 Å². The molecule has 1 aliphatic rings. The number of piperazine rings is 1. The number of nitrogens with zero attached hydrogens (tertiary/aromatic N) is 2. The van der Waals surface area contributed by atoms with E-state index in [2.05, 4.69) is 4.90 Å². The van der Waals surface area contributed by atoms with Crippen molar-refractivity contribution in [2.75, 3.05) is 46.4 Å². The predicted octanol–water partition coefficient (Wildman–Crippen LogP) is 2.33. The summed E-state index contributed by atoms with van der Waals surface area (Å²) in [5, 5.41) is 10.4. The fourth-order valence-corrected chi connectivity index (χ4v) is 3.81. The summed E-state index contributed by atoms with van der Waals surface area (Å²) in [5.41, 5.74) is 2.75. The first kappa shape index (κ1) is 23.8. The SMILES string of the molecule is COc1cc(C(C)=O)ccc1OCC(O)CN1CCN(C(=O)Cc2ccccc2C)CC1. The van der Waals surface area contributed by atoms with Crippen LogP contribution < -0.4 is 9.47 Å². The van der Waals surface area contributed by atoms with Crippen LogP contribution in [0.2, 0.25) is 0 Å². The molecule has 1 unspecified atom stereocenters. The first-order valence-corrected chi connectivity index (χ1v) is 10.9. The van der Waals surface area contributed by atoms with E-state index in [1.807, 2.05) is 36.1 Å². The second-order valence-corrected chi connectivity index (χ2v) is 8.17. The highest BCUT2D eigenvalue weighted by atomic mass is 16.5. The maximum atomic E-state index is 12.6. The lowest BCUT2D eigenvalue weighted by molar-refractivity contribution is -0.132. The number of aryl methyl sites for hydroxylation is 1. The van der Waals surface area contributed by atoms with Crippen molar-refractivity contribution in [2.45, 2.75) is 26.4 Å². The summed E-state index contributed by atoms with van der Waals surface area (Å²) in [6.45, 7) is 6.83. The van der Waals surface area contributed by atoms with Crippen molar-refractivity contribution in [1.29, 1.82) is 0 Å². The fourth-order valence-electron chi connectivity index (χ4n) is 3.81. The van der Waals surface area contributed by atoms with E-state index in [1.165, 1.54) is 14.0 Å². The molecule has 7 nitrogen and oxygen atoms in total. The lowest BCUT2D eigenvalue weighted by Crippen LogP contribution is -2.51. The molecule has 1 amide bonds. The van der Waals surface area contributed by atoms with Gasteiger partial charge in [0.05, 0.1) is 13.5 Å². The van der Waals surface area contributed by atoms with Crippen LogP contribution in [0.4, 0.5) is 0 Å². The van der Waals surface area contributed by atoms with Gasteiger partial charge in [0.2, 0.25) is 5.91 Å². The van der Waals surface area contributed by atoms with Gasteiger partial charge >= 0.3 is 0 Å². The van der Waals surface area contributed by atoms with E-state index in [1.54, 1.807) is 18.2 Å². The number of carbonyl (C=O) groups excluding carboxylic acids is 2. The Kier molecular flexibility index (Phi) is 8.25. The molecule has 2 aromatic carbocycles. The first-order chi connectivity index (χ1) is 15.4. The minimum atomic E-state index is -0.679. The molecular weight excluding hydrogens is 408 g/mol. The second-order valence-electron chi connectivity index (χ2n) is 8.17. The third-order valence-corrected chi connectivity index (χ3v) is 5.80. The molecule has 1 heterocycles. The number of aliphatic hydroxyl groups excluding tert-OH is 1. The summed E-state index contributed by atoms with van der Waals surface area (Å²) in [7, 11) is 1.52. The Morgan fingerprint density at radius 2 is 1.78 bits per heavy atom. The lowest BCUT2D eigenvalue weighted by Gasteiger charge is -2.35. The van der Waals surface area contributed by atoms with Crippen molar-refractivity contribution in [3.63, 3.8) is 0 Å². The number of hydrogen-bond acceptors (Lipinski definition) is 6. The van der Waals surface area contributed by atoms with Crippen LogP contribution in [-0.2, 0) is 11.2 Å². The summed E-state index contributed by atoms with van der Waals surface area (Å²) in [6.07, 6.45) is -0.255. The zero-order valence-corrected chi connectivity index (χ0v) is 19.0.